The number of nitrogens with zero attached hydrogens (tertiary/aromatic N) is 1. The largest absolute Gasteiger partial charge is 0.497 e. The Labute approximate surface area is 236 Å². The zero-order chi connectivity index (χ0) is 28.9. The molecule has 208 valence electrons. The number of ether oxygens (including phenoxy) is 2. The molecule has 1 aliphatic heterocycles. The standard InChI is InChI=1S/C32H28FN3O5/c1-20-6-8-21(9-7-20)19-36-28(31(38)35-26-16-12-24(33)13-17-26)29(41-32(36)39)22-10-14-25(15-11-22)34-30(37)23-4-3-5-27(18-23)40-2/h3-18,28-29H,19H2,1-2H3,(H,34,37)(H,35,38)/t28-,29+/m0/s1. The minimum atomic E-state index is -1.01. The van der Waals surface area contributed by atoms with Crippen LogP contribution in [-0.2, 0) is 16.1 Å². The maximum Gasteiger partial charge on any atom is 0.411 e. The summed E-state index contributed by atoms with van der Waals surface area (Å²) in [4.78, 5) is 40.7. The molecular formula is C32H28FN3O5. The van der Waals surface area contributed by atoms with E-state index in [1.54, 1.807) is 48.5 Å². The lowest BCUT2D eigenvalue weighted by molar-refractivity contribution is -0.121. The van der Waals surface area contributed by atoms with Crippen LogP contribution in [0.4, 0.5) is 20.6 Å². The van der Waals surface area contributed by atoms with Gasteiger partial charge in [0.2, 0.25) is 0 Å². The first-order chi connectivity index (χ1) is 19.8. The van der Waals surface area contributed by atoms with Crippen LogP contribution in [0.15, 0.2) is 97.1 Å². The highest BCUT2D eigenvalue weighted by Crippen LogP contribution is 2.35. The number of rotatable bonds is 8. The number of carbonyl (C=O) groups excluding carboxylic acids is 3. The van der Waals surface area contributed by atoms with Gasteiger partial charge in [0.1, 0.15) is 11.6 Å². The van der Waals surface area contributed by atoms with Crippen LogP contribution < -0.4 is 15.4 Å². The topological polar surface area (TPSA) is 97.0 Å². The number of hydrogen-bond acceptors (Lipinski definition) is 5. The first-order valence-corrected chi connectivity index (χ1v) is 13.0. The molecule has 0 aliphatic carbocycles. The highest BCUT2D eigenvalue weighted by molar-refractivity contribution is 6.04. The third kappa shape index (κ3) is 6.36. The number of benzene rings is 4. The number of methoxy groups -OCH3 is 1. The lowest BCUT2D eigenvalue weighted by Gasteiger charge is -2.24. The highest BCUT2D eigenvalue weighted by Gasteiger charge is 2.47. The second-order valence-corrected chi connectivity index (χ2v) is 9.67. The van der Waals surface area contributed by atoms with Gasteiger partial charge in [0.25, 0.3) is 11.8 Å². The summed E-state index contributed by atoms with van der Waals surface area (Å²) in [6, 6.07) is 25.6. The normalized spacial score (nSPS) is 16.2. The third-order valence-electron chi connectivity index (χ3n) is 6.77. The van der Waals surface area contributed by atoms with E-state index in [1.165, 1.54) is 36.3 Å². The number of anilines is 2. The molecule has 0 radical (unpaired) electrons. The minimum absolute atomic E-state index is 0.159. The summed E-state index contributed by atoms with van der Waals surface area (Å²) < 4.78 is 24.3. The predicted octanol–water partition coefficient (Wildman–Crippen LogP) is 6.10. The molecule has 5 rings (SSSR count). The SMILES string of the molecule is COc1cccc(C(=O)Nc2ccc([C@H]3OC(=O)N(Cc4ccc(C)cc4)[C@@H]3C(=O)Nc3ccc(F)cc3)cc2)c1. The van der Waals surface area contributed by atoms with Crippen LogP contribution in [0.5, 0.6) is 5.75 Å². The van der Waals surface area contributed by atoms with Crippen molar-refractivity contribution in [3.63, 3.8) is 0 Å². The molecule has 0 unspecified atom stereocenters. The fourth-order valence-corrected chi connectivity index (χ4v) is 4.57. The molecule has 0 saturated carbocycles. The van der Waals surface area contributed by atoms with E-state index >= 15 is 0 Å². The van der Waals surface area contributed by atoms with Crippen LogP contribution in [0.1, 0.15) is 33.2 Å². The van der Waals surface area contributed by atoms with E-state index in [2.05, 4.69) is 10.6 Å². The number of amides is 3. The van der Waals surface area contributed by atoms with E-state index in [4.69, 9.17) is 9.47 Å². The van der Waals surface area contributed by atoms with E-state index in [1.807, 2.05) is 31.2 Å². The second kappa shape index (κ2) is 11.9. The zero-order valence-electron chi connectivity index (χ0n) is 22.5. The molecule has 1 aliphatic rings. The van der Waals surface area contributed by atoms with Gasteiger partial charge in [-0.3, -0.25) is 14.5 Å². The van der Waals surface area contributed by atoms with Gasteiger partial charge in [0, 0.05) is 16.9 Å². The Morgan fingerprint density at radius 3 is 2.24 bits per heavy atom. The molecule has 9 heteroatoms. The second-order valence-electron chi connectivity index (χ2n) is 9.67. The number of nitrogens with one attached hydrogen (secondary N) is 2. The Morgan fingerprint density at radius 1 is 0.902 bits per heavy atom. The van der Waals surface area contributed by atoms with Gasteiger partial charge in [-0.25, -0.2) is 9.18 Å². The van der Waals surface area contributed by atoms with Crippen LogP contribution in [0.25, 0.3) is 0 Å². The molecule has 1 saturated heterocycles. The summed E-state index contributed by atoms with van der Waals surface area (Å²) in [5.74, 6) is -0.657. The van der Waals surface area contributed by atoms with Crippen molar-refractivity contribution in [2.75, 3.05) is 17.7 Å². The Morgan fingerprint density at radius 2 is 1.56 bits per heavy atom. The van der Waals surface area contributed by atoms with Gasteiger partial charge in [-0.05, 0) is 72.6 Å². The average Bonchev–Trinajstić information content (AvgIpc) is 3.31. The van der Waals surface area contributed by atoms with Gasteiger partial charge < -0.3 is 20.1 Å². The third-order valence-corrected chi connectivity index (χ3v) is 6.77. The number of carbonyl (C=O) groups is 3. The van der Waals surface area contributed by atoms with Crippen molar-refractivity contribution in [3.05, 3.63) is 125 Å². The van der Waals surface area contributed by atoms with Crippen LogP contribution >= 0.6 is 0 Å². The van der Waals surface area contributed by atoms with Gasteiger partial charge in [0.05, 0.1) is 13.7 Å². The summed E-state index contributed by atoms with van der Waals surface area (Å²) in [7, 11) is 1.53. The number of cyclic esters (lactones) is 1. The Kier molecular flexibility index (Phi) is 7.96. The number of halogens is 1. The smallest absolute Gasteiger partial charge is 0.411 e. The first kappa shape index (κ1) is 27.4. The first-order valence-electron chi connectivity index (χ1n) is 13.0. The molecule has 4 aromatic rings. The molecule has 41 heavy (non-hydrogen) atoms. The van der Waals surface area contributed by atoms with Crippen molar-refractivity contribution < 1.29 is 28.2 Å². The van der Waals surface area contributed by atoms with Crippen LogP contribution in [0.3, 0.4) is 0 Å². The maximum absolute atomic E-state index is 13.6. The van der Waals surface area contributed by atoms with Crippen LogP contribution in [0.2, 0.25) is 0 Å². The average molecular weight is 554 g/mol. The van der Waals surface area contributed by atoms with E-state index in [-0.39, 0.29) is 12.5 Å². The van der Waals surface area contributed by atoms with E-state index in [0.29, 0.717) is 28.3 Å². The Bertz CT molecular complexity index is 1560. The molecule has 3 amide bonds. The Hall–Kier alpha value is -5.18. The molecule has 8 nitrogen and oxygen atoms in total. The van der Waals surface area contributed by atoms with Crippen molar-refractivity contribution in [1.29, 1.82) is 0 Å². The van der Waals surface area contributed by atoms with Crippen molar-refractivity contribution in [3.8, 4) is 5.75 Å². The molecule has 4 aromatic carbocycles. The summed E-state index contributed by atoms with van der Waals surface area (Å²) >= 11 is 0. The predicted molar refractivity (Wildman–Crippen MR) is 152 cm³/mol. The summed E-state index contributed by atoms with van der Waals surface area (Å²) in [5, 5.41) is 5.61. The summed E-state index contributed by atoms with van der Waals surface area (Å²) in [6.45, 7) is 2.12. The van der Waals surface area contributed by atoms with Crippen molar-refractivity contribution in [2.45, 2.75) is 25.6 Å². The monoisotopic (exact) mass is 553 g/mol. The van der Waals surface area contributed by atoms with E-state index in [0.717, 1.165) is 11.1 Å². The fourth-order valence-electron chi connectivity index (χ4n) is 4.57. The minimum Gasteiger partial charge on any atom is -0.497 e. The summed E-state index contributed by atoms with van der Waals surface area (Å²) in [6.07, 6.45) is -1.55. The van der Waals surface area contributed by atoms with Crippen molar-refractivity contribution >= 4 is 29.3 Å². The zero-order valence-corrected chi connectivity index (χ0v) is 22.5. The quantitative estimate of drug-likeness (QED) is 0.275. The van der Waals surface area contributed by atoms with Gasteiger partial charge in [-0.15, -0.1) is 0 Å². The molecule has 0 spiro atoms. The molecule has 2 atom stereocenters. The van der Waals surface area contributed by atoms with Crippen LogP contribution in [0, 0.1) is 12.7 Å². The van der Waals surface area contributed by atoms with Gasteiger partial charge >= 0.3 is 6.09 Å². The summed E-state index contributed by atoms with van der Waals surface area (Å²) in [5.41, 5.74) is 3.82. The van der Waals surface area contributed by atoms with Crippen molar-refractivity contribution in [2.24, 2.45) is 0 Å². The molecular weight excluding hydrogens is 525 g/mol. The maximum atomic E-state index is 13.6. The number of hydrogen-bond donors (Lipinski definition) is 2. The van der Waals surface area contributed by atoms with Gasteiger partial charge in [0.15, 0.2) is 12.1 Å². The lowest BCUT2D eigenvalue weighted by Crippen LogP contribution is -2.43. The molecule has 2 N–H and O–H groups in total. The fraction of sp³-hybridized carbons (Fsp3) is 0.156. The molecule has 0 aromatic heterocycles. The van der Waals surface area contributed by atoms with E-state index in [9.17, 15) is 18.8 Å². The van der Waals surface area contributed by atoms with Crippen molar-refractivity contribution in [1.82, 2.24) is 4.90 Å². The Balaban J connectivity index is 1.38. The van der Waals surface area contributed by atoms with Gasteiger partial charge in [-0.2, -0.15) is 0 Å². The lowest BCUT2D eigenvalue weighted by atomic mass is 10.00. The molecule has 0 bridgehead atoms. The van der Waals surface area contributed by atoms with Crippen LogP contribution in [-0.4, -0.2) is 36.0 Å². The molecule has 1 heterocycles. The van der Waals surface area contributed by atoms with Gasteiger partial charge in [-0.1, -0.05) is 48.0 Å². The number of aryl methyl sites for hydroxylation is 1. The highest BCUT2D eigenvalue weighted by atomic mass is 19.1. The van der Waals surface area contributed by atoms with E-state index < -0.39 is 30.0 Å². The molecule has 1 fully saturated rings.